The molecule has 1 amide bonds. The van der Waals surface area contributed by atoms with E-state index < -0.39 is 27.7 Å². The second-order valence-electron chi connectivity index (χ2n) is 7.83. The van der Waals surface area contributed by atoms with Crippen molar-refractivity contribution in [2.45, 2.75) is 25.3 Å². The van der Waals surface area contributed by atoms with Crippen molar-refractivity contribution in [3.8, 4) is 0 Å². The Kier molecular flexibility index (Phi) is 7.84. The predicted octanol–water partition coefficient (Wildman–Crippen LogP) is 4.36. The maximum absolute atomic E-state index is 13.8. The molecule has 3 aromatic carbocycles. The standard InChI is InChI=1S/C26H24FN3O5S2/c1-3-30(20-8-6-5-7-9-20)37(33,34)21-13-10-18(11-14-21)25(32)28-26-29(17-24(31)35-4-2)22-15-12-19(27)16-23(22)36-26/h5-16H,3-4,17H2,1-2H3. The average molecular weight is 542 g/mol. The number of aromatic nitrogens is 1. The minimum atomic E-state index is -3.85. The summed E-state index contributed by atoms with van der Waals surface area (Å²) in [6.07, 6.45) is 0. The molecule has 0 fully saturated rings. The van der Waals surface area contributed by atoms with Gasteiger partial charge in [-0.05, 0) is 68.4 Å². The van der Waals surface area contributed by atoms with E-state index in [4.69, 9.17) is 4.74 Å². The van der Waals surface area contributed by atoms with E-state index in [2.05, 4.69) is 4.99 Å². The molecule has 0 aliphatic carbocycles. The first-order valence-corrected chi connectivity index (χ1v) is 13.7. The summed E-state index contributed by atoms with van der Waals surface area (Å²) in [5.74, 6) is -1.61. The van der Waals surface area contributed by atoms with E-state index in [1.54, 1.807) is 44.2 Å². The monoisotopic (exact) mass is 541 g/mol. The van der Waals surface area contributed by atoms with E-state index >= 15 is 0 Å². The second kappa shape index (κ2) is 11.1. The number of ether oxygens (including phenoxy) is 1. The third-order valence-corrected chi connectivity index (χ3v) is 8.41. The van der Waals surface area contributed by atoms with Crippen molar-refractivity contribution < 1.29 is 27.1 Å². The Balaban J connectivity index is 1.67. The quantitative estimate of drug-likeness (QED) is 0.309. The number of esters is 1. The van der Waals surface area contributed by atoms with Crippen LogP contribution < -0.4 is 9.11 Å². The van der Waals surface area contributed by atoms with Gasteiger partial charge in [-0.1, -0.05) is 29.5 Å². The van der Waals surface area contributed by atoms with Crippen molar-refractivity contribution in [3.63, 3.8) is 0 Å². The number of sulfonamides is 1. The molecule has 4 rings (SSSR count). The molecule has 0 aliphatic heterocycles. The van der Waals surface area contributed by atoms with E-state index in [-0.39, 0.29) is 35.0 Å². The number of hydrogen-bond acceptors (Lipinski definition) is 6. The van der Waals surface area contributed by atoms with Gasteiger partial charge in [-0.15, -0.1) is 0 Å². The van der Waals surface area contributed by atoms with Crippen LogP contribution in [0.4, 0.5) is 10.1 Å². The van der Waals surface area contributed by atoms with Crippen LogP contribution in [0.25, 0.3) is 10.2 Å². The fourth-order valence-corrected chi connectivity index (χ4v) is 6.28. The molecule has 0 saturated carbocycles. The summed E-state index contributed by atoms with van der Waals surface area (Å²) >= 11 is 1.06. The fraction of sp³-hybridized carbons (Fsp3) is 0.192. The van der Waals surface area contributed by atoms with Gasteiger partial charge in [0.15, 0.2) is 4.80 Å². The Hall–Kier alpha value is -3.83. The first kappa shape index (κ1) is 26.2. The van der Waals surface area contributed by atoms with Gasteiger partial charge in [0.1, 0.15) is 12.4 Å². The molecule has 37 heavy (non-hydrogen) atoms. The van der Waals surface area contributed by atoms with E-state index in [1.807, 2.05) is 0 Å². The summed E-state index contributed by atoms with van der Waals surface area (Å²) in [6, 6.07) is 18.3. The van der Waals surface area contributed by atoms with Crippen molar-refractivity contribution in [3.05, 3.63) is 89.0 Å². The van der Waals surface area contributed by atoms with Gasteiger partial charge < -0.3 is 9.30 Å². The van der Waals surface area contributed by atoms with Crippen molar-refractivity contribution in [2.24, 2.45) is 4.99 Å². The Labute approximate surface area is 217 Å². The lowest BCUT2D eigenvalue weighted by Crippen LogP contribution is -2.30. The lowest BCUT2D eigenvalue weighted by Gasteiger charge is -2.22. The molecule has 0 saturated heterocycles. The number of para-hydroxylation sites is 1. The number of benzene rings is 3. The number of hydrogen-bond donors (Lipinski definition) is 0. The van der Waals surface area contributed by atoms with Gasteiger partial charge in [-0.2, -0.15) is 4.99 Å². The molecule has 4 aromatic rings. The Morgan fingerprint density at radius 1 is 1.03 bits per heavy atom. The van der Waals surface area contributed by atoms with E-state index in [0.29, 0.717) is 15.9 Å². The summed E-state index contributed by atoms with van der Waals surface area (Å²) in [6.45, 7) is 3.65. The number of carbonyl (C=O) groups is 2. The topological polar surface area (TPSA) is 98.0 Å². The molecule has 0 N–H and O–H groups in total. The highest BCUT2D eigenvalue weighted by Crippen LogP contribution is 2.24. The first-order valence-electron chi connectivity index (χ1n) is 11.5. The molecule has 0 aliphatic rings. The molecule has 11 heteroatoms. The van der Waals surface area contributed by atoms with Crippen LogP contribution in [0.15, 0.2) is 82.7 Å². The lowest BCUT2D eigenvalue weighted by molar-refractivity contribution is -0.143. The number of amides is 1. The lowest BCUT2D eigenvalue weighted by atomic mass is 10.2. The molecule has 0 unspecified atom stereocenters. The smallest absolute Gasteiger partial charge is 0.326 e. The van der Waals surface area contributed by atoms with Gasteiger partial charge in [0.25, 0.3) is 15.9 Å². The predicted molar refractivity (Wildman–Crippen MR) is 139 cm³/mol. The van der Waals surface area contributed by atoms with Crippen molar-refractivity contribution in [2.75, 3.05) is 17.5 Å². The van der Waals surface area contributed by atoms with Crippen LogP contribution in [0, 0.1) is 5.82 Å². The Morgan fingerprint density at radius 3 is 2.38 bits per heavy atom. The minimum Gasteiger partial charge on any atom is -0.465 e. The molecule has 0 atom stereocenters. The van der Waals surface area contributed by atoms with Crippen molar-refractivity contribution in [1.29, 1.82) is 0 Å². The van der Waals surface area contributed by atoms with Gasteiger partial charge in [0.05, 0.1) is 27.4 Å². The normalized spacial score (nSPS) is 12.0. The van der Waals surface area contributed by atoms with Gasteiger partial charge >= 0.3 is 5.97 Å². The molecule has 1 aromatic heterocycles. The van der Waals surface area contributed by atoms with Crippen molar-refractivity contribution >= 4 is 49.1 Å². The van der Waals surface area contributed by atoms with Crippen LogP contribution in [0.3, 0.4) is 0 Å². The number of thiazole rings is 1. The maximum atomic E-state index is 13.8. The van der Waals surface area contributed by atoms with E-state index in [1.165, 1.54) is 51.3 Å². The number of fused-ring (bicyclic) bond motifs is 1. The molecule has 0 radical (unpaired) electrons. The molecule has 192 valence electrons. The van der Waals surface area contributed by atoms with Crippen LogP contribution in [0.1, 0.15) is 24.2 Å². The molecular formula is C26H24FN3O5S2. The van der Waals surface area contributed by atoms with Crippen LogP contribution in [-0.4, -0.2) is 38.0 Å². The highest BCUT2D eigenvalue weighted by molar-refractivity contribution is 7.92. The third kappa shape index (κ3) is 5.62. The molecule has 0 bridgehead atoms. The van der Waals surface area contributed by atoms with E-state index in [9.17, 15) is 22.4 Å². The van der Waals surface area contributed by atoms with Gasteiger partial charge in [0, 0.05) is 12.1 Å². The number of halogens is 1. The Bertz CT molecular complexity index is 1610. The SMILES string of the molecule is CCOC(=O)Cn1c(=NC(=O)c2ccc(S(=O)(=O)N(CC)c3ccccc3)cc2)sc2cc(F)ccc21. The Morgan fingerprint density at radius 2 is 1.73 bits per heavy atom. The molecular weight excluding hydrogens is 517 g/mol. The zero-order valence-corrected chi connectivity index (χ0v) is 21.8. The molecule has 8 nitrogen and oxygen atoms in total. The maximum Gasteiger partial charge on any atom is 0.326 e. The first-order chi connectivity index (χ1) is 17.7. The molecule has 1 heterocycles. The summed E-state index contributed by atoms with van der Waals surface area (Å²) in [4.78, 5) is 29.5. The number of rotatable bonds is 8. The number of anilines is 1. The summed E-state index contributed by atoms with van der Waals surface area (Å²) in [5.41, 5.74) is 1.23. The van der Waals surface area contributed by atoms with Crippen LogP contribution in [-0.2, 0) is 26.1 Å². The zero-order valence-electron chi connectivity index (χ0n) is 20.1. The van der Waals surface area contributed by atoms with Gasteiger partial charge in [-0.3, -0.25) is 13.9 Å². The molecule has 0 spiro atoms. The summed E-state index contributed by atoms with van der Waals surface area (Å²) in [5, 5.41) is 0. The zero-order chi connectivity index (χ0) is 26.6. The van der Waals surface area contributed by atoms with Crippen LogP contribution in [0.2, 0.25) is 0 Å². The summed E-state index contributed by atoms with van der Waals surface area (Å²) < 4.78 is 48.5. The second-order valence-corrected chi connectivity index (χ2v) is 10.7. The largest absolute Gasteiger partial charge is 0.465 e. The van der Waals surface area contributed by atoms with Crippen LogP contribution in [0.5, 0.6) is 0 Å². The average Bonchev–Trinajstić information content (AvgIpc) is 3.20. The van der Waals surface area contributed by atoms with Crippen molar-refractivity contribution in [1.82, 2.24) is 4.57 Å². The van der Waals surface area contributed by atoms with Gasteiger partial charge in [-0.25, -0.2) is 12.8 Å². The van der Waals surface area contributed by atoms with Gasteiger partial charge in [0.2, 0.25) is 0 Å². The number of nitrogens with zero attached hydrogens (tertiary/aromatic N) is 3. The number of carbonyl (C=O) groups excluding carboxylic acids is 2. The highest BCUT2D eigenvalue weighted by atomic mass is 32.2. The van der Waals surface area contributed by atoms with Crippen LogP contribution >= 0.6 is 11.3 Å². The fourth-order valence-electron chi connectivity index (χ4n) is 3.75. The van der Waals surface area contributed by atoms with E-state index in [0.717, 1.165) is 11.3 Å². The summed E-state index contributed by atoms with van der Waals surface area (Å²) in [7, 11) is -3.85. The minimum absolute atomic E-state index is 0.0319. The third-order valence-electron chi connectivity index (χ3n) is 5.46. The highest BCUT2D eigenvalue weighted by Gasteiger charge is 2.24.